The smallest absolute Gasteiger partial charge is 0.283 e. The Labute approximate surface area is 211 Å². The SMILES string of the molecule is C=C(F)C(=O)Nc1cc(C(=N)Nc2ccc(Br)cc2F)c(NC)cc1OCCCN1CCOCC1. The topological polar surface area (TPSA) is 98.7 Å². The summed E-state index contributed by atoms with van der Waals surface area (Å²) in [5, 5.41) is 16.6. The van der Waals surface area contributed by atoms with Crippen LogP contribution in [0, 0.1) is 11.2 Å². The molecule has 0 aliphatic carbocycles. The van der Waals surface area contributed by atoms with Crippen molar-refractivity contribution in [3.63, 3.8) is 0 Å². The van der Waals surface area contributed by atoms with Crippen LogP contribution >= 0.6 is 15.9 Å². The number of halogens is 3. The molecule has 0 spiro atoms. The molecule has 0 atom stereocenters. The molecule has 1 aliphatic heterocycles. The number of nitrogens with zero attached hydrogens (tertiary/aromatic N) is 1. The Balaban J connectivity index is 1.80. The van der Waals surface area contributed by atoms with Crippen molar-refractivity contribution in [1.82, 2.24) is 4.90 Å². The molecule has 3 rings (SSSR count). The highest BCUT2D eigenvalue weighted by Gasteiger charge is 2.18. The lowest BCUT2D eigenvalue weighted by Gasteiger charge is -2.26. The van der Waals surface area contributed by atoms with Crippen LogP contribution < -0.4 is 20.7 Å². The van der Waals surface area contributed by atoms with Gasteiger partial charge < -0.3 is 25.4 Å². The lowest BCUT2D eigenvalue weighted by Crippen LogP contribution is -2.37. The van der Waals surface area contributed by atoms with Crippen LogP contribution in [0.15, 0.2) is 47.2 Å². The Morgan fingerprint density at radius 1 is 1.20 bits per heavy atom. The standard InChI is InChI=1S/C24H28BrF2N5O3/c1-15(26)24(33)31-21-13-17(23(28)30-19-5-4-16(25)12-18(19)27)20(29-2)14-22(21)35-9-3-6-32-7-10-34-11-8-32/h4-5,12-14,29H,1,3,6-11H2,2H3,(H2,28,30)(H,31,33). The number of benzene rings is 2. The predicted molar refractivity (Wildman–Crippen MR) is 137 cm³/mol. The number of nitrogens with one attached hydrogen (secondary N) is 4. The summed E-state index contributed by atoms with van der Waals surface area (Å²) in [6, 6.07) is 7.49. The minimum absolute atomic E-state index is 0.103. The van der Waals surface area contributed by atoms with Gasteiger partial charge in [-0.3, -0.25) is 15.1 Å². The highest BCUT2D eigenvalue weighted by Crippen LogP contribution is 2.33. The van der Waals surface area contributed by atoms with Crippen molar-refractivity contribution < 1.29 is 23.0 Å². The zero-order chi connectivity index (χ0) is 25.4. The third kappa shape index (κ3) is 7.48. The lowest BCUT2D eigenvalue weighted by molar-refractivity contribution is -0.114. The van der Waals surface area contributed by atoms with Gasteiger partial charge in [-0.2, -0.15) is 0 Å². The molecular formula is C24H28BrF2N5O3. The van der Waals surface area contributed by atoms with Gasteiger partial charge in [-0.05, 0) is 30.7 Å². The normalized spacial score (nSPS) is 13.7. The van der Waals surface area contributed by atoms with Gasteiger partial charge in [-0.15, -0.1) is 0 Å². The average molecular weight is 552 g/mol. The van der Waals surface area contributed by atoms with Crippen LogP contribution in [0.5, 0.6) is 5.75 Å². The monoisotopic (exact) mass is 551 g/mol. The molecule has 0 radical (unpaired) electrons. The van der Waals surface area contributed by atoms with Gasteiger partial charge in [-0.25, -0.2) is 8.78 Å². The van der Waals surface area contributed by atoms with E-state index in [1.54, 1.807) is 19.2 Å². The van der Waals surface area contributed by atoms with E-state index in [9.17, 15) is 13.6 Å². The first-order valence-corrected chi connectivity index (χ1v) is 11.8. The van der Waals surface area contributed by atoms with Gasteiger partial charge in [0.05, 0.1) is 31.2 Å². The third-order valence-corrected chi connectivity index (χ3v) is 5.82. The maximum Gasteiger partial charge on any atom is 0.283 e. The number of hydrogen-bond donors (Lipinski definition) is 4. The summed E-state index contributed by atoms with van der Waals surface area (Å²) in [6.07, 6.45) is 0.736. The minimum atomic E-state index is -1.16. The number of anilines is 3. The largest absolute Gasteiger partial charge is 0.491 e. The number of carbonyl (C=O) groups excluding carboxylic acids is 1. The van der Waals surface area contributed by atoms with Gasteiger partial charge in [0.25, 0.3) is 5.91 Å². The summed E-state index contributed by atoms with van der Waals surface area (Å²) in [7, 11) is 1.66. The molecule has 2 aromatic rings. The summed E-state index contributed by atoms with van der Waals surface area (Å²) in [6.45, 7) is 7.37. The first-order valence-electron chi connectivity index (χ1n) is 11.0. The minimum Gasteiger partial charge on any atom is -0.491 e. The molecule has 0 unspecified atom stereocenters. The molecule has 188 valence electrons. The first kappa shape index (κ1) is 26.6. The van der Waals surface area contributed by atoms with Crippen LogP contribution in [0.25, 0.3) is 0 Å². The Kier molecular flexibility index (Phi) is 9.58. The van der Waals surface area contributed by atoms with Crippen LogP contribution in [-0.2, 0) is 9.53 Å². The van der Waals surface area contributed by atoms with Gasteiger partial charge in [0, 0.05) is 48.5 Å². The second-order valence-corrected chi connectivity index (χ2v) is 8.70. The van der Waals surface area contributed by atoms with Crippen LogP contribution in [-0.4, -0.2) is 63.1 Å². The number of amidine groups is 1. The number of rotatable bonds is 10. The second-order valence-electron chi connectivity index (χ2n) is 7.78. The summed E-state index contributed by atoms with van der Waals surface area (Å²) in [5.41, 5.74) is 1.08. The zero-order valence-corrected chi connectivity index (χ0v) is 20.9. The maximum absolute atomic E-state index is 14.3. The number of morpholine rings is 1. The van der Waals surface area contributed by atoms with E-state index in [0.29, 0.717) is 41.3 Å². The van der Waals surface area contributed by atoms with Gasteiger partial charge in [0.15, 0.2) is 5.83 Å². The molecule has 0 aromatic heterocycles. The quantitative estimate of drug-likeness (QED) is 0.149. The van der Waals surface area contributed by atoms with E-state index in [1.807, 2.05) is 0 Å². The fourth-order valence-corrected chi connectivity index (χ4v) is 3.82. The van der Waals surface area contributed by atoms with E-state index >= 15 is 0 Å². The van der Waals surface area contributed by atoms with Gasteiger partial charge in [-0.1, -0.05) is 22.5 Å². The first-order chi connectivity index (χ1) is 16.8. The van der Waals surface area contributed by atoms with E-state index in [-0.39, 0.29) is 17.2 Å². The molecule has 4 N–H and O–H groups in total. The number of amides is 1. The Bertz CT molecular complexity index is 1090. The highest BCUT2D eigenvalue weighted by molar-refractivity contribution is 9.10. The number of carbonyl (C=O) groups is 1. The summed E-state index contributed by atoms with van der Waals surface area (Å²) < 4.78 is 39.5. The molecule has 0 bridgehead atoms. The van der Waals surface area contributed by atoms with Crippen LogP contribution in [0.1, 0.15) is 12.0 Å². The zero-order valence-electron chi connectivity index (χ0n) is 19.3. The molecule has 1 heterocycles. The fourth-order valence-electron chi connectivity index (χ4n) is 3.49. The van der Waals surface area contributed by atoms with Crippen molar-refractivity contribution >= 4 is 44.7 Å². The molecule has 1 fully saturated rings. The summed E-state index contributed by atoms with van der Waals surface area (Å²) in [5.74, 6) is -2.56. The van der Waals surface area contributed by atoms with E-state index in [4.69, 9.17) is 14.9 Å². The van der Waals surface area contributed by atoms with Crippen molar-refractivity contribution in [1.29, 1.82) is 5.41 Å². The maximum atomic E-state index is 14.3. The van der Waals surface area contributed by atoms with Crippen LogP contribution in [0.3, 0.4) is 0 Å². The molecule has 1 aliphatic rings. The van der Waals surface area contributed by atoms with E-state index in [0.717, 1.165) is 26.1 Å². The molecule has 8 nitrogen and oxygen atoms in total. The molecule has 1 saturated heterocycles. The van der Waals surface area contributed by atoms with Crippen molar-refractivity contribution in [2.75, 3.05) is 62.5 Å². The van der Waals surface area contributed by atoms with Gasteiger partial charge >= 0.3 is 0 Å². The van der Waals surface area contributed by atoms with Crippen molar-refractivity contribution in [2.45, 2.75) is 6.42 Å². The average Bonchev–Trinajstić information content (AvgIpc) is 2.84. The number of hydrogen-bond acceptors (Lipinski definition) is 6. The summed E-state index contributed by atoms with van der Waals surface area (Å²) >= 11 is 3.20. The molecule has 0 saturated carbocycles. The van der Waals surface area contributed by atoms with E-state index in [2.05, 4.69) is 43.4 Å². The van der Waals surface area contributed by atoms with Crippen LogP contribution in [0.2, 0.25) is 0 Å². The lowest BCUT2D eigenvalue weighted by atomic mass is 10.1. The van der Waals surface area contributed by atoms with Crippen LogP contribution in [0.4, 0.5) is 25.8 Å². The molecule has 2 aromatic carbocycles. The van der Waals surface area contributed by atoms with Gasteiger partial charge in [0.2, 0.25) is 0 Å². The molecular weight excluding hydrogens is 524 g/mol. The molecule has 1 amide bonds. The predicted octanol–water partition coefficient (Wildman–Crippen LogP) is 4.59. The third-order valence-electron chi connectivity index (χ3n) is 5.32. The Morgan fingerprint density at radius 3 is 2.60 bits per heavy atom. The fraction of sp³-hybridized carbons (Fsp3) is 0.333. The van der Waals surface area contributed by atoms with Crippen molar-refractivity contribution in [2.24, 2.45) is 0 Å². The van der Waals surface area contributed by atoms with Crippen molar-refractivity contribution in [3.05, 3.63) is 58.6 Å². The molecule has 11 heteroatoms. The highest BCUT2D eigenvalue weighted by atomic mass is 79.9. The van der Waals surface area contributed by atoms with Gasteiger partial charge in [0.1, 0.15) is 17.4 Å². The summed E-state index contributed by atoms with van der Waals surface area (Å²) in [4.78, 5) is 14.3. The van der Waals surface area contributed by atoms with E-state index in [1.165, 1.54) is 18.2 Å². The van der Waals surface area contributed by atoms with Crippen molar-refractivity contribution in [3.8, 4) is 5.75 Å². The Hall–Kier alpha value is -3.02. The molecule has 35 heavy (non-hydrogen) atoms. The second kappa shape index (κ2) is 12.6. The van der Waals surface area contributed by atoms with E-state index < -0.39 is 17.6 Å². The Morgan fingerprint density at radius 2 is 1.94 bits per heavy atom. The number of ether oxygens (including phenoxy) is 2.